The molecule has 1 fully saturated rings. The van der Waals surface area contributed by atoms with Gasteiger partial charge < -0.3 is 10.0 Å². The van der Waals surface area contributed by atoms with Crippen molar-refractivity contribution in [2.75, 3.05) is 13.1 Å². The number of aliphatic hydroxyl groups excluding tert-OH is 1. The second-order valence-electron chi connectivity index (χ2n) is 4.68. The monoisotopic (exact) mass is 287 g/mol. The Bertz CT molecular complexity index is 444. The van der Waals surface area contributed by atoms with Crippen molar-refractivity contribution >= 4 is 29.1 Å². The summed E-state index contributed by atoms with van der Waals surface area (Å²) in [6, 6.07) is 5.02. The zero-order chi connectivity index (χ0) is 13.3. The smallest absolute Gasteiger partial charge is 0.256 e. The van der Waals surface area contributed by atoms with E-state index >= 15 is 0 Å². The summed E-state index contributed by atoms with van der Waals surface area (Å²) in [5.41, 5.74) is 0.351. The van der Waals surface area contributed by atoms with Crippen molar-refractivity contribution in [3.63, 3.8) is 0 Å². The number of benzene rings is 1. The molecule has 2 atom stereocenters. The maximum absolute atomic E-state index is 12.4. The van der Waals surface area contributed by atoms with Gasteiger partial charge >= 0.3 is 0 Å². The Morgan fingerprint density at radius 3 is 2.56 bits per heavy atom. The van der Waals surface area contributed by atoms with E-state index < -0.39 is 0 Å². The van der Waals surface area contributed by atoms with Gasteiger partial charge in [0.25, 0.3) is 5.91 Å². The van der Waals surface area contributed by atoms with E-state index in [1.807, 2.05) is 6.92 Å². The maximum atomic E-state index is 12.4. The second kappa shape index (κ2) is 5.47. The molecule has 1 aliphatic rings. The van der Waals surface area contributed by atoms with Crippen molar-refractivity contribution in [3.05, 3.63) is 33.8 Å². The van der Waals surface area contributed by atoms with Crippen LogP contribution in [0.25, 0.3) is 0 Å². The first kappa shape index (κ1) is 13.7. The third-order valence-electron chi connectivity index (χ3n) is 3.32. The minimum atomic E-state index is -0.337. The SMILES string of the molecule is CC1CN(C(=O)c2c(Cl)cccc2Cl)CCC1O. The molecule has 1 aromatic carbocycles. The molecular weight excluding hydrogens is 273 g/mol. The van der Waals surface area contributed by atoms with Crippen molar-refractivity contribution in [1.82, 2.24) is 4.90 Å². The van der Waals surface area contributed by atoms with E-state index in [1.165, 1.54) is 0 Å². The Morgan fingerprint density at radius 1 is 1.39 bits per heavy atom. The normalized spacial score (nSPS) is 24.1. The standard InChI is InChI=1S/C13H15Cl2NO2/c1-8-7-16(6-5-11(8)17)13(18)12-9(14)3-2-4-10(12)15/h2-4,8,11,17H,5-7H2,1H3. The Morgan fingerprint density at radius 2 is 2.00 bits per heavy atom. The molecule has 98 valence electrons. The largest absolute Gasteiger partial charge is 0.393 e. The highest BCUT2D eigenvalue weighted by atomic mass is 35.5. The lowest BCUT2D eigenvalue weighted by Crippen LogP contribution is -2.45. The average Bonchev–Trinajstić information content (AvgIpc) is 2.32. The van der Waals surface area contributed by atoms with Crippen LogP contribution >= 0.6 is 23.2 Å². The van der Waals surface area contributed by atoms with Gasteiger partial charge in [0.2, 0.25) is 0 Å². The molecule has 2 rings (SSSR count). The fraction of sp³-hybridized carbons (Fsp3) is 0.462. The number of halogens is 2. The van der Waals surface area contributed by atoms with Crippen LogP contribution < -0.4 is 0 Å². The molecule has 1 N–H and O–H groups in total. The lowest BCUT2D eigenvalue weighted by atomic mass is 9.96. The van der Waals surface area contributed by atoms with Crippen LogP contribution in [0.2, 0.25) is 10.0 Å². The average molecular weight is 288 g/mol. The molecule has 1 heterocycles. The lowest BCUT2D eigenvalue weighted by molar-refractivity contribution is 0.0298. The number of aliphatic hydroxyl groups is 1. The highest BCUT2D eigenvalue weighted by molar-refractivity contribution is 6.39. The molecule has 5 heteroatoms. The van der Waals surface area contributed by atoms with Crippen LogP contribution in [0.1, 0.15) is 23.7 Å². The van der Waals surface area contributed by atoms with Crippen molar-refractivity contribution in [3.8, 4) is 0 Å². The molecule has 1 aromatic rings. The molecule has 0 radical (unpaired) electrons. The van der Waals surface area contributed by atoms with E-state index in [-0.39, 0.29) is 17.9 Å². The van der Waals surface area contributed by atoms with Crippen LogP contribution in [0, 0.1) is 5.92 Å². The molecule has 18 heavy (non-hydrogen) atoms. The predicted molar refractivity (Wildman–Crippen MR) is 72.2 cm³/mol. The first-order valence-corrected chi connectivity index (χ1v) is 6.67. The fourth-order valence-electron chi connectivity index (χ4n) is 2.18. The Balaban J connectivity index is 2.22. The van der Waals surface area contributed by atoms with Gasteiger partial charge in [0, 0.05) is 13.1 Å². The first-order chi connectivity index (χ1) is 8.50. The van der Waals surface area contributed by atoms with E-state index in [1.54, 1.807) is 23.1 Å². The van der Waals surface area contributed by atoms with Gasteiger partial charge in [0.05, 0.1) is 21.7 Å². The molecule has 0 spiro atoms. The fourth-order valence-corrected chi connectivity index (χ4v) is 2.74. The van der Waals surface area contributed by atoms with Crippen LogP contribution in [-0.4, -0.2) is 35.1 Å². The number of piperidine rings is 1. The Kier molecular flexibility index (Phi) is 4.15. The van der Waals surface area contributed by atoms with Crippen LogP contribution in [0.4, 0.5) is 0 Å². The third kappa shape index (κ3) is 2.63. The van der Waals surface area contributed by atoms with Gasteiger partial charge in [0.1, 0.15) is 0 Å². The molecule has 0 aliphatic carbocycles. The van der Waals surface area contributed by atoms with E-state index in [9.17, 15) is 9.90 Å². The summed E-state index contributed by atoms with van der Waals surface area (Å²) in [5.74, 6) is -0.0895. The first-order valence-electron chi connectivity index (χ1n) is 5.92. The Labute approximate surface area is 116 Å². The van der Waals surface area contributed by atoms with Crippen molar-refractivity contribution in [1.29, 1.82) is 0 Å². The van der Waals surface area contributed by atoms with Gasteiger partial charge in [-0.05, 0) is 24.5 Å². The zero-order valence-electron chi connectivity index (χ0n) is 10.1. The molecule has 1 aliphatic heterocycles. The number of hydrogen-bond donors (Lipinski definition) is 1. The minimum absolute atomic E-state index is 0.0731. The van der Waals surface area contributed by atoms with Gasteiger partial charge in [-0.15, -0.1) is 0 Å². The number of amides is 1. The van der Waals surface area contributed by atoms with E-state index in [0.717, 1.165) is 0 Å². The molecule has 0 saturated carbocycles. The number of nitrogens with zero attached hydrogens (tertiary/aromatic N) is 1. The third-order valence-corrected chi connectivity index (χ3v) is 3.95. The van der Waals surface area contributed by atoms with E-state index in [4.69, 9.17) is 23.2 Å². The van der Waals surface area contributed by atoms with Crippen molar-refractivity contribution in [2.45, 2.75) is 19.4 Å². The summed E-state index contributed by atoms with van der Waals surface area (Å²) in [6.07, 6.45) is 0.255. The van der Waals surface area contributed by atoms with E-state index in [2.05, 4.69) is 0 Å². The molecule has 0 bridgehead atoms. The van der Waals surface area contributed by atoms with Crippen molar-refractivity contribution in [2.24, 2.45) is 5.92 Å². The highest BCUT2D eigenvalue weighted by Crippen LogP contribution is 2.27. The second-order valence-corrected chi connectivity index (χ2v) is 5.50. The topological polar surface area (TPSA) is 40.5 Å². The van der Waals surface area contributed by atoms with Gasteiger partial charge in [-0.3, -0.25) is 4.79 Å². The molecule has 1 amide bonds. The maximum Gasteiger partial charge on any atom is 0.256 e. The lowest BCUT2D eigenvalue weighted by Gasteiger charge is -2.34. The molecule has 3 nitrogen and oxygen atoms in total. The minimum Gasteiger partial charge on any atom is -0.393 e. The van der Waals surface area contributed by atoms with Gasteiger partial charge in [-0.25, -0.2) is 0 Å². The van der Waals surface area contributed by atoms with Gasteiger partial charge in [0.15, 0.2) is 0 Å². The number of rotatable bonds is 1. The van der Waals surface area contributed by atoms with Crippen molar-refractivity contribution < 1.29 is 9.90 Å². The number of hydrogen-bond acceptors (Lipinski definition) is 2. The summed E-state index contributed by atoms with van der Waals surface area (Å²) in [6.45, 7) is 2.99. The van der Waals surface area contributed by atoms with Gasteiger partial charge in [-0.1, -0.05) is 36.2 Å². The summed E-state index contributed by atoms with van der Waals surface area (Å²) in [7, 11) is 0. The summed E-state index contributed by atoms with van der Waals surface area (Å²) in [5, 5.41) is 10.4. The Hall–Kier alpha value is -0.770. The highest BCUT2D eigenvalue weighted by Gasteiger charge is 2.29. The zero-order valence-corrected chi connectivity index (χ0v) is 11.6. The van der Waals surface area contributed by atoms with Crippen LogP contribution in [0.3, 0.4) is 0 Å². The van der Waals surface area contributed by atoms with Crippen LogP contribution in [-0.2, 0) is 0 Å². The number of carbonyl (C=O) groups is 1. The summed E-state index contributed by atoms with van der Waals surface area (Å²) < 4.78 is 0. The predicted octanol–water partition coefficient (Wildman–Crippen LogP) is 2.84. The summed E-state index contributed by atoms with van der Waals surface area (Å²) in [4.78, 5) is 14.1. The number of likely N-dealkylation sites (tertiary alicyclic amines) is 1. The number of carbonyl (C=O) groups excluding carboxylic acids is 1. The van der Waals surface area contributed by atoms with E-state index in [0.29, 0.717) is 35.1 Å². The molecule has 2 unspecified atom stereocenters. The van der Waals surface area contributed by atoms with Gasteiger partial charge in [-0.2, -0.15) is 0 Å². The summed E-state index contributed by atoms with van der Waals surface area (Å²) >= 11 is 12.1. The quantitative estimate of drug-likeness (QED) is 0.863. The molecule has 1 saturated heterocycles. The van der Waals surface area contributed by atoms with Crippen LogP contribution in [0.5, 0.6) is 0 Å². The molecular formula is C13H15Cl2NO2. The van der Waals surface area contributed by atoms with Crippen LogP contribution in [0.15, 0.2) is 18.2 Å². The molecule has 0 aromatic heterocycles.